The average molecular weight is 267 g/mol. The zero-order valence-corrected chi connectivity index (χ0v) is 11.3. The van der Waals surface area contributed by atoms with E-state index in [9.17, 15) is 9.90 Å². The molecule has 0 spiro atoms. The Bertz CT molecular complexity index is 616. The molecule has 0 saturated heterocycles. The van der Waals surface area contributed by atoms with E-state index >= 15 is 0 Å². The van der Waals surface area contributed by atoms with E-state index in [1.165, 1.54) is 11.8 Å². The summed E-state index contributed by atoms with van der Waals surface area (Å²) in [6.45, 7) is 3.51. The molecule has 0 radical (unpaired) electrons. The van der Waals surface area contributed by atoms with Crippen molar-refractivity contribution in [2.24, 2.45) is 14.1 Å². The van der Waals surface area contributed by atoms with E-state index in [0.717, 1.165) is 5.82 Å². The number of carboxylic acids is 1. The Labute approximate surface area is 108 Å². The molecular formula is C10H13N5O2S. The maximum Gasteiger partial charge on any atom is 0.340 e. The van der Waals surface area contributed by atoms with Gasteiger partial charge in [-0.3, -0.25) is 4.68 Å². The van der Waals surface area contributed by atoms with E-state index in [1.807, 2.05) is 14.0 Å². The second-order valence-corrected chi connectivity index (χ2v) is 4.84. The van der Waals surface area contributed by atoms with E-state index in [1.54, 1.807) is 23.2 Å². The molecule has 18 heavy (non-hydrogen) atoms. The predicted octanol–water partition coefficient (Wildman–Crippen LogP) is 1.01. The number of aromatic nitrogens is 5. The lowest BCUT2D eigenvalue weighted by Gasteiger charge is -2.03. The standard InChI is InChI=1S/C10H13N5O2S/c1-5-7(9(16)17)8(15(4)13-5)18-10-12-11-6(2)14(10)3/h1-4H3,(H,16,17). The minimum atomic E-state index is -0.984. The molecular weight excluding hydrogens is 254 g/mol. The van der Waals surface area contributed by atoms with Crippen LogP contribution in [-0.4, -0.2) is 35.6 Å². The molecule has 2 heterocycles. The minimum absolute atomic E-state index is 0.211. The first-order chi connectivity index (χ1) is 8.41. The predicted molar refractivity (Wildman–Crippen MR) is 64.8 cm³/mol. The highest BCUT2D eigenvalue weighted by Crippen LogP contribution is 2.30. The van der Waals surface area contributed by atoms with E-state index in [-0.39, 0.29) is 5.56 Å². The Morgan fingerprint density at radius 1 is 1.28 bits per heavy atom. The van der Waals surface area contributed by atoms with Crippen LogP contribution in [0, 0.1) is 13.8 Å². The van der Waals surface area contributed by atoms with Crippen LogP contribution in [0.4, 0.5) is 0 Å². The summed E-state index contributed by atoms with van der Waals surface area (Å²) in [7, 11) is 3.55. The number of nitrogens with zero attached hydrogens (tertiary/aromatic N) is 5. The molecule has 2 rings (SSSR count). The zero-order chi connectivity index (χ0) is 13.4. The Balaban J connectivity index is 2.46. The summed E-state index contributed by atoms with van der Waals surface area (Å²) in [5.41, 5.74) is 0.703. The normalized spacial score (nSPS) is 10.9. The highest BCUT2D eigenvalue weighted by molar-refractivity contribution is 7.99. The fourth-order valence-corrected chi connectivity index (χ4v) is 2.60. The number of carboxylic acid groups (broad SMARTS) is 1. The highest BCUT2D eigenvalue weighted by Gasteiger charge is 2.22. The number of hydrogen-bond donors (Lipinski definition) is 1. The first-order valence-electron chi connectivity index (χ1n) is 5.22. The molecule has 7 nitrogen and oxygen atoms in total. The van der Waals surface area contributed by atoms with Crippen LogP contribution in [0.5, 0.6) is 0 Å². The number of carbonyl (C=O) groups is 1. The lowest BCUT2D eigenvalue weighted by Crippen LogP contribution is -2.02. The van der Waals surface area contributed by atoms with Crippen LogP contribution < -0.4 is 0 Å². The van der Waals surface area contributed by atoms with Crippen LogP contribution in [0.25, 0.3) is 0 Å². The summed E-state index contributed by atoms with van der Waals surface area (Å²) in [4.78, 5) is 11.2. The van der Waals surface area contributed by atoms with Gasteiger partial charge in [0.2, 0.25) is 0 Å². The molecule has 2 aromatic heterocycles. The molecule has 0 aliphatic rings. The molecule has 0 saturated carbocycles. The molecule has 0 aliphatic carbocycles. The fraction of sp³-hybridized carbons (Fsp3) is 0.400. The van der Waals surface area contributed by atoms with E-state index in [0.29, 0.717) is 15.9 Å². The third-order valence-electron chi connectivity index (χ3n) is 2.62. The van der Waals surface area contributed by atoms with E-state index < -0.39 is 5.97 Å². The van der Waals surface area contributed by atoms with Crippen molar-refractivity contribution >= 4 is 17.7 Å². The molecule has 8 heteroatoms. The van der Waals surface area contributed by atoms with Crippen molar-refractivity contribution in [3.05, 3.63) is 17.1 Å². The van der Waals surface area contributed by atoms with Crippen molar-refractivity contribution < 1.29 is 9.90 Å². The summed E-state index contributed by atoms with van der Waals surface area (Å²) in [5, 5.41) is 22.5. The number of aryl methyl sites for hydroxylation is 3. The van der Waals surface area contributed by atoms with Crippen LogP contribution >= 0.6 is 11.8 Å². The van der Waals surface area contributed by atoms with Crippen LogP contribution in [0.2, 0.25) is 0 Å². The van der Waals surface area contributed by atoms with Crippen LogP contribution in [-0.2, 0) is 14.1 Å². The molecule has 0 atom stereocenters. The Morgan fingerprint density at radius 2 is 1.94 bits per heavy atom. The van der Waals surface area contributed by atoms with Gasteiger partial charge in [0.1, 0.15) is 16.4 Å². The van der Waals surface area contributed by atoms with Crippen molar-refractivity contribution in [2.45, 2.75) is 24.0 Å². The smallest absolute Gasteiger partial charge is 0.340 e. The highest BCUT2D eigenvalue weighted by atomic mass is 32.2. The maximum atomic E-state index is 11.2. The second kappa shape index (κ2) is 4.45. The van der Waals surface area contributed by atoms with Gasteiger partial charge in [-0.25, -0.2) is 4.79 Å². The first-order valence-corrected chi connectivity index (χ1v) is 6.04. The van der Waals surface area contributed by atoms with Gasteiger partial charge in [-0.2, -0.15) is 5.10 Å². The lowest BCUT2D eigenvalue weighted by molar-refractivity contribution is 0.0692. The number of hydrogen-bond acceptors (Lipinski definition) is 5. The fourth-order valence-electron chi connectivity index (χ4n) is 1.56. The van der Waals surface area contributed by atoms with Crippen molar-refractivity contribution in [2.75, 3.05) is 0 Å². The molecule has 96 valence electrons. The maximum absolute atomic E-state index is 11.2. The van der Waals surface area contributed by atoms with Gasteiger partial charge in [-0.15, -0.1) is 10.2 Å². The van der Waals surface area contributed by atoms with Gasteiger partial charge in [0.25, 0.3) is 0 Å². The molecule has 1 N–H and O–H groups in total. The molecule has 0 aromatic carbocycles. The number of aromatic carboxylic acids is 1. The van der Waals surface area contributed by atoms with Gasteiger partial charge in [-0.1, -0.05) is 0 Å². The first kappa shape index (κ1) is 12.6. The van der Waals surface area contributed by atoms with Gasteiger partial charge >= 0.3 is 5.97 Å². The Hall–Kier alpha value is -1.83. The van der Waals surface area contributed by atoms with Crippen LogP contribution in [0.15, 0.2) is 10.2 Å². The van der Waals surface area contributed by atoms with E-state index in [2.05, 4.69) is 15.3 Å². The molecule has 2 aromatic rings. The van der Waals surface area contributed by atoms with Gasteiger partial charge in [-0.05, 0) is 25.6 Å². The minimum Gasteiger partial charge on any atom is -0.478 e. The summed E-state index contributed by atoms with van der Waals surface area (Å²) >= 11 is 1.25. The lowest BCUT2D eigenvalue weighted by atomic mass is 10.3. The third kappa shape index (κ3) is 1.99. The molecule has 0 fully saturated rings. The monoisotopic (exact) mass is 267 g/mol. The summed E-state index contributed by atoms with van der Waals surface area (Å²) in [6.07, 6.45) is 0. The average Bonchev–Trinajstić information content (AvgIpc) is 2.73. The van der Waals surface area contributed by atoms with E-state index in [4.69, 9.17) is 0 Å². The SMILES string of the molecule is Cc1nn(C)c(Sc2nnc(C)n2C)c1C(=O)O. The van der Waals surface area contributed by atoms with Gasteiger partial charge in [0.15, 0.2) is 5.16 Å². The van der Waals surface area contributed by atoms with Gasteiger partial charge < -0.3 is 9.67 Å². The second-order valence-electron chi connectivity index (χ2n) is 3.89. The van der Waals surface area contributed by atoms with Crippen molar-refractivity contribution in [3.63, 3.8) is 0 Å². The molecule has 0 amide bonds. The molecule has 0 unspecified atom stereocenters. The van der Waals surface area contributed by atoms with Gasteiger partial charge in [0.05, 0.1) is 5.69 Å². The van der Waals surface area contributed by atoms with Gasteiger partial charge in [0, 0.05) is 14.1 Å². The number of rotatable bonds is 3. The Morgan fingerprint density at radius 3 is 2.44 bits per heavy atom. The van der Waals surface area contributed by atoms with Crippen LogP contribution in [0.3, 0.4) is 0 Å². The summed E-state index contributed by atoms with van der Waals surface area (Å²) < 4.78 is 3.35. The van der Waals surface area contributed by atoms with Crippen molar-refractivity contribution in [1.29, 1.82) is 0 Å². The molecule has 0 aliphatic heterocycles. The van der Waals surface area contributed by atoms with Crippen molar-refractivity contribution in [1.82, 2.24) is 24.5 Å². The van der Waals surface area contributed by atoms with Crippen LogP contribution in [0.1, 0.15) is 21.9 Å². The summed E-state index contributed by atoms with van der Waals surface area (Å²) in [5.74, 6) is -0.213. The molecule has 0 bridgehead atoms. The zero-order valence-electron chi connectivity index (χ0n) is 10.5. The summed E-state index contributed by atoms with van der Waals surface area (Å²) in [6, 6.07) is 0. The largest absolute Gasteiger partial charge is 0.478 e. The topological polar surface area (TPSA) is 85.8 Å². The third-order valence-corrected chi connectivity index (χ3v) is 3.82. The quantitative estimate of drug-likeness (QED) is 0.893. The van der Waals surface area contributed by atoms with Crippen molar-refractivity contribution in [3.8, 4) is 0 Å². The Kier molecular flexibility index (Phi) is 3.12.